The van der Waals surface area contributed by atoms with E-state index < -0.39 is 10.9 Å². The Morgan fingerprint density at radius 1 is 1.11 bits per heavy atom. The average molecular weight is 519 g/mol. The molecule has 3 aromatic rings. The smallest absolute Gasteiger partial charge is 0.337 e. The number of non-ortho nitro benzene ring substituents is 1. The van der Waals surface area contributed by atoms with Crippen LogP contribution in [0.25, 0.3) is 17.4 Å². The number of ether oxygens (including phenoxy) is 1. The summed E-state index contributed by atoms with van der Waals surface area (Å²) < 4.78 is 10.7. The molecule has 0 radical (unpaired) electrons. The molecule has 2 aromatic carbocycles. The molecule has 0 bridgehead atoms. The number of nitro benzene ring substituents is 1. The number of carbonyl (C=O) groups excluding carboxylic acids is 2. The molecule has 0 atom stereocenters. The van der Waals surface area contributed by atoms with Gasteiger partial charge in [0, 0.05) is 50.0 Å². The third-order valence-electron chi connectivity index (χ3n) is 6.55. The molecule has 1 N–H and O–H groups in total. The molecule has 10 heteroatoms. The minimum atomic E-state index is -0.483. The van der Waals surface area contributed by atoms with Crippen LogP contribution in [0.5, 0.6) is 0 Å². The first-order valence-corrected chi connectivity index (χ1v) is 12.3. The van der Waals surface area contributed by atoms with E-state index >= 15 is 0 Å². The lowest BCUT2D eigenvalue weighted by molar-refractivity contribution is -0.384. The molecule has 38 heavy (non-hydrogen) atoms. The maximum Gasteiger partial charge on any atom is 0.337 e. The lowest BCUT2D eigenvalue weighted by Gasteiger charge is -2.36. The van der Waals surface area contributed by atoms with Crippen molar-refractivity contribution in [3.05, 3.63) is 81.6 Å². The number of hydrogen-bond donors (Lipinski definition) is 1. The van der Waals surface area contributed by atoms with E-state index in [4.69, 9.17) is 9.15 Å². The van der Waals surface area contributed by atoms with Gasteiger partial charge in [0.25, 0.3) is 5.69 Å². The fourth-order valence-electron chi connectivity index (χ4n) is 4.42. The van der Waals surface area contributed by atoms with Crippen LogP contribution in [0, 0.1) is 17.0 Å². The van der Waals surface area contributed by atoms with Crippen LogP contribution in [0.15, 0.2) is 59.0 Å². The van der Waals surface area contributed by atoms with Crippen molar-refractivity contribution in [3.8, 4) is 11.3 Å². The average Bonchev–Trinajstić information content (AvgIpc) is 3.40. The minimum Gasteiger partial charge on any atom is -0.465 e. The van der Waals surface area contributed by atoms with E-state index in [2.05, 4.69) is 22.0 Å². The number of nitrogens with zero attached hydrogens (tertiary/aromatic N) is 3. The van der Waals surface area contributed by atoms with Crippen LogP contribution in [-0.2, 0) is 9.53 Å². The van der Waals surface area contributed by atoms with Crippen molar-refractivity contribution in [1.82, 2.24) is 4.90 Å². The highest BCUT2D eigenvalue weighted by Crippen LogP contribution is 2.30. The highest BCUT2D eigenvalue weighted by molar-refractivity contribution is 6.05. The summed E-state index contributed by atoms with van der Waals surface area (Å²) in [4.78, 5) is 40.1. The van der Waals surface area contributed by atoms with Gasteiger partial charge in [0.05, 0.1) is 29.0 Å². The van der Waals surface area contributed by atoms with Gasteiger partial charge in [-0.15, -0.1) is 0 Å². The number of benzene rings is 2. The van der Waals surface area contributed by atoms with Crippen LogP contribution >= 0.6 is 0 Å². The maximum absolute atomic E-state index is 12.9. The zero-order valence-electron chi connectivity index (χ0n) is 21.6. The Morgan fingerprint density at radius 3 is 2.53 bits per heavy atom. The second-order valence-corrected chi connectivity index (χ2v) is 8.93. The number of piperazine rings is 1. The number of carbonyl (C=O) groups is 2. The maximum atomic E-state index is 12.9. The van der Waals surface area contributed by atoms with Crippen LogP contribution in [0.4, 0.5) is 17.1 Å². The van der Waals surface area contributed by atoms with Gasteiger partial charge in [-0.2, -0.15) is 0 Å². The standard InChI is InChI=1S/C28H30N4O6/c1-4-30-13-15-31(16-14-30)25-10-5-20(28(34)37-3)18-24(25)29-27(33)12-8-22-7-11-26(38-22)23-9-6-21(32(35)36)17-19(23)2/h5-12,17-18H,4,13-16H2,1-3H3,(H,29,33)/b12-8+. The van der Waals surface area contributed by atoms with Gasteiger partial charge in [0.1, 0.15) is 11.5 Å². The first kappa shape index (κ1) is 26.6. The number of esters is 1. The Balaban J connectivity index is 1.50. The molecular formula is C28H30N4O6. The lowest BCUT2D eigenvalue weighted by atomic mass is 10.1. The number of nitro groups is 1. The van der Waals surface area contributed by atoms with Crippen molar-refractivity contribution < 1.29 is 23.7 Å². The van der Waals surface area contributed by atoms with Crippen molar-refractivity contribution >= 4 is 35.0 Å². The van der Waals surface area contributed by atoms with Crippen molar-refractivity contribution in [3.63, 3.8) is 0 Å². The largest absolute Gasteiger partial charge is 0.465 e. The Bertz CT molecular complexity index is 1370. The van der Waals surface area contributed by atoms with Crippen LogP contribution in [-0.4, -0.2) is 61.5 Å². The number of rotatable bonds is 8. The number of amides is 1. The molecule has 0 aliphatic carbocycles. The summed E-state index contributed by atoms with van der Waals surface area (Å²) in [6.45, 7) is 8.34. The lowest BCUT2D eigenvalue weighted by Crippen LogP contribution is -2.46. The minimum absolute atomic E-state index is 0.0116. The summed E-state index contributed by atoms with van der Waals surface area (Å²) in [5.74, 6) is 0.122. The normalized spacial score (nSPS) is 14.0. The van der Waals surface area contributed by atoms with Gasteiger partial charge in [-0.3, -0.25) is 14.9 Å². The molecular weight excluding hydrogens is 488 g/mol. The summed E-state index contributed by atoms with van der Waals surface area (Å²) in [6.07, 6.45) is 2.90. The SMILES string of the molecule is CCN1CCN(c2ccc(C(=O)OC)cc2NC(=O)/C=C/c2ccc(-c3ccc([N+](=O)[O-])cc3C)o2)CC1. The molecule has 1 amide bonds. The van der Waals surface area contributed by atoms with Crippen LogP contribution < -0.4 is 10.2 Å². The first-order valence-electron chi connectivity index (χ1n) is 12.3. The summed E-state index contributed by atoms with van der Waals surface area (Å²) in [7, 11) is 1.32. The summed E-state index contributed by atoms with van der Waals surface area (Å²) in [5.41, 5.74) is 3.15. The second kappa shape index (κ2) is 11.7. The summed E-state index contributed by atoms with van der Waals surface area (Å²) in [6, 6.07) is 13.2. The van der Waals surface area contributed by atoms with Crippen molar-refractivity contribution in [2.45, 2.75) is 13.8 Å². The van der Waals surface area contributed by atoms with E-state index in [0.717, 1.165) is 44.0 Å². The van der Waals surface area contributed by atoms with Gasteiger partial charge in [-0.1, -0.05) is 6.92 Å². The zero-order chi connectivity index (χ0) is 27.2. The Hall–Kier alpha value is -4.44. The molecule has 198 valence electrons. The molecule has 1 aromatic heterocycles. The number of furan rings is 1. The predicted octanol–water partition coefficient (Wildman–Crippen LogP) is 4.74. The molecule has 1 saturated heterocycles. The highest BCUT2D eigenvalue weighted by atomic mass is 16.6. The van der Waals surface area contributed by atoms with Crippen LogP contribution in [0.3, 0.4) is 0 Å². The van der Waals surface area contributed by atoms with Gasteiger partial charge in [0.2, 0.25) is 5.91 Å². The molecule has 0 unspecified atom stereocenters. The first-order chi connectivity index (χ1) is 18.3. The fourth-order valence-corrected chi connectivity index (χ4v) is 4.42. The van der Waals surface area contributed by atoms with Gasteiger partial charge >= 0.3 is 5.97 Å². The van der Waals surface area contributed by atoms with E-state index in [1.165, 1.54) is 25.3 Å². The van der Waals surface area contributed by atoms with E-state index in [1.54, 1.807) is 43.3 Å². The van der Waals surface area contributed by atoms with Crippen molar-refractivity contribution in [1.29, 1.82) is 0 Å². The summed E-state index contributed by atoms with van der Waals surface area (Å²) >= 11 is 0. The second-order valence-electron chi connectivity index (χ2n) is 8.93. The topological polar surface area (TPSA) is 118 Å². The fraction of sp³-hybridized carbons (Fsp3) is 0.286. The van der Waals surface area contributed by atoms with Gasteiger partial charge in [-0.25, -0.2) is 4.79 Å². The monoisotopic (exact) mass is 518 g/mol. The quantitative estimate of drug-likeness (QED) is 0.197. The molecule has 10 nitrogen and oxygen atoms in total. The van der Waals surface area contributed by atoms with Crippen molar-refractivity contribution in [2.24, 2.45) is 0 Å². The third kappa shape index (κ3) is 6.09. The Morgan fingerprint density at radius 2 is 1.87 bits per heavy atom. The number of likely N-dealkylation sites (N-methyl/N-ethyl adjacent to an activating group) is 1. The van der Waals surface area contributed by atoms with E-state index in [1.807, 2.05) is 6.07 Å². The number of nitrogens with one attached hydrogen (secondary N) is 1. The van der Waals surface area contributed by atoms with Crippen LogP contribution in [0.2, 0.25) is 0 Å². The van der Waals surface area contributed by atoms with Gasteiger partial charge < -0.3 is 24.3 Å². The number of aryl methyl sites for hydroxylation is 1. The van der Waals surface area contributed by atoms with Crippen LogP contribution in [0.1, 0.15) is 28.6 Å². The number of methoxy groups -OCH3 is 1. The molecule has 4 rings (SSSR count). The predicted molar refractivity (Wildman–Crippen MR) is 145 cm³/mol. The number of hydrogen-bond acceptors (Lipinski definition) is 8. The molecule has 1 fully saturated rings. The third-order valence-corrected chi connectivity index (χ3v) is 6.55. The molecule has 0 spiro atoms. The molecule has 1 aliphatic heterocycles. The molecule has 0 saturated carbocycles. The van der Waals surface area contributed by atoms with Gasteiger partial charge in [0.15, 0.2) is 0 Å². The van der Waals surface area contributed by atoms with E-state index in [-0.39, 0.29) is 11.6 Å². The van der Waals surface area contributed by atoms with E-state index in [9.17, 15) is 19.7 Å². The van der Waals surface area contributed by atoms with Gasteiger partial charge in [-0.05, 0) is 61.5 Å². The van der Waals surface area contributed by atoms with E-state index in [0.29, 0.717) is 28.3 Å². The zero-order valence-corrected chi connectivity index (χ0v) is 21.6. The highest BCUT2D eigenvalue weighted by Gasteiger charge is 2.20. The van der Waals surface area contributed by atoms with Crippen molar-refractivity contribution in [2.75, 3.05) is 50.1 Å². The Kier molecular flexibility index (Phi) is 8.22. The molecule has 1 aliphatic rings. The summed E-state index contributed by atoms with van der Waals surface area (Å²) in [5, 5.41) is 13.9. The number of anilines is 2. The Labute approximate surface area is 220 Å². The molecule has 2 heterocycles.